The van der Waals surface area contributed by atoms with Gasteiger partial charge in [0.15, 0.2) is 5.78 Å². The molecule has 1 spiro atoms. The molecular formula is C18H26O. The molecule has 0 aromatic carbocycles. The maximum absolute atomic E-state index is 12.5. The predicted molar refractivity (Wildman–Crippen MR) is 78.9 cm³/mol. The second-order valence-electron chi connectivity index (χ2n) is 8.76. The van der Waals surface area contributed by atoms with E-state index in [1.165, 1.54) is 24.0 Å². The SMILES string of the molecule is CC(C)(C)C1=C2C(=O)CC3(CC3)C2=C(C(C)(C)C)C1. The van der Waals surface area contributed by atoms with Crippen molar-refractivity contribution in [3.05, 3.63) is 22.3 Å². The standard InChI is InChI=1S/C18H26O/c1-16(2,3)11-9-12(17(4,5)6)15-14(11)13(19)10-18(15)7-8-18/h7-10H2,1-6H3. The van der Waals surface area contributed by atoms with E-state index in [4.69, 9.17) is 0 Å². The fraction of sp³-hybridized carbons (Fsp3) is 0.722. The van der Waals surface area contributed by atoms with E-state index in [2.05, 4.69) is 41.5 Å². The van der Waals surface area contributed by atoms with Gasteiger partial charge in [0.05, 0.1) is 0 Å². The lowest BCUT2D eigenvalue weighted by molar-refractivity contribution is -0.115. The van der Waals surface area contributed by atoms with Crippen molar-refractivity contribution in [2.45, 2.75) is 67.2 Å². The summed E-state index contributed by atoms with van der Waals surface area (Å²) in [6.07, 6.45) is 4.28. The van der Waals surface area contributed by atoms with Crippen LogP contribution in [-0.4, -0.2) is 5.78 Å². The van der Waals surface area contributed by atoms with E-state index in [-0.39, 0.29) is 16.2 Å². The highest BCUT2D eigenvalue weighted by molar-refractivity contribution is 6.07. The van der Waals surface area contributed by atoms with Crippen molar-refractivity contribution >= 4 is 5.78 Å². The second-order valence-corrected chi connectivity index (χ2v) is 8.76. The summed E-state index contributed by atoms with van der Waals surface area (Å²) in [6, 6.07) is 0. The van der Waals surface area contributed by atoms with Gasteiger partial charge in [-0.15, -0.1) is 0 Å². The van der Waals surface area contributed by atoms with Crippen molar-refractivity contribution in [1.29, 1.82) is 0 Å². The Kier molecular flexibility index (Phi) is 2.37. The third-order valence-corrected chi connectivity index (χ3v) is 5.18. The molecule has 19 heavy (non-hydrogen) atoms. The highest BCUT2D eigenvalue weighted by atomic mass is 16.1. The van der Waals surface area contributed by atoms with Crippen LogP contribution in [0.15, 0.2) is 22.3 Å². The molecule has 2 saturated carbocycles. The van der Waals surface area contributed by atoms with Gasteiger partial charge in [-0.05, 0) is 41.2 Å². The average Bonchev–Trinajstić information content (AvgIpc) is 2.75. The fourth-order valence-electron chi connectivity index (χ4n) is 3.89. The van der Waals surface area contributed by atoms with Crippen LogP contribution in [0.25, 0.3) is 0 Å². The summed E-state index contributed by atoms with van der Waals surface area (Å²) >= 11 is 0. The zero-order valence-corrected chi connectivity index (χ0v) is 13.2. The van der Waals surface area contributed by atoms with Gasteiger partial charge in [-0.3, -0.25) is 4.79 Å². The lowest BCUT2D eigenvalue weighted by atomic mass is 9.77. The van der Waals surface area contributed by atoms with Crippen LogP contribution in [0.2, 0.25) is 0 Å². The van der Waals surface area contributed by atoms with Crippen molar-refractivity contribution in [3.63, 3.8) is 0 Å². The molecule has 0 bridgehead atoms. The van der Waals surface area contributed by atoms with E-state index < -0.39 is 0 Å². The van der Waals surface area contributed by atoms with E-state index in [1.54, 1.807) is 5.57 Å². The topological polar surface area (TPSA) is 17.1 Å². The lowest BCUT2D eigenvalue weighted by Gasteiger charge is -2.27. The van der Waals surface area contributed by atoms with Gasteiger partial charge in [0.2, 0.25) is 0 Å². The van der Waals surface area contributed by atoms with Crippen molar-refractivity contribution in [3.8, 4) is 0 Å². The molecular weight excluding hydrogens is 232 g/mol. The van der Waals surface area contributed by atoms with E-state index >= 15 is 0 Å². The molecule has 0 unspecified atom stereocenters. The van der Waals surface area contributed by atoms with Crippen molar-refractivity contribution in [2.75, 3.05) is 0 Å². The number of hydrogen-bond acceptors (Lipinski definition) is 1. The number of allylic oxidation sites excluding steroid dienone is 4. The molecule has 1 nitrogen and oxygen atoms in total. The largest absolute Gasteiger partial charge is 0.294 e. The first-order valence-electron chi connectivity index (χ1n) is 7.58. The molecule has 0 radical (unpaired) electrons. The Bertz CT molecular complexity index is 525. The zero-order valence-electron chi connectivity index (χ0n) is 13.2. The van der Waals surface area contributed by atoms with Crippen LogP contribution in [-0.2, 0) is 4.79 Å². The normalized spacial score (nSPS) is 25.7. The van der Waals surface area contributed by atoms with Gasteiger partial charge in [0.25, 0.3) is 0 Å². The Morgan fingerprint density at radius 2 is 1.42 bits per heavy atom. The van der Waals surface area contributed by atoms with E-state index in [0.717, 1.165) is 18.4 Å². The fourth-order valence-corrected chi connectivity index (χ4v) is 3.89. The van der Waals surface area contributed by atoms with Crippen LogP contribution in [0, 0.1) is 16.2 Å². The van der Waals surface area contributed by atoms with Gasteiger partial charge in [-0.25, -0.2) is 0 Å². The molecule has 3 aliphatic rings. The van der Waals surface area contributed by atoms with Crippen molar-refractivity contribution in [2.24, 2.45) is 16.2 Å². The summed E-state index contributed by atoms with van der Waals surface area (Å²) in [7, 11) is 0. The van der Waals surface area contributed by atoms with Gasteiger partial charge in [-0.2, -0.15) is 0 Å². The van der Waals surface area contributed by atoms with Crippen LogP contribution >= 0.6 is 0 Å². The highest BCUT2D eigenvalue weighted by Gasteiger charge is 2.58. The number of carbonyl (C=O) groups is 1. The minimum atomic E-state index is 0.115. The second kappa shape index (κ2) is 3.42. The average molecular weight is 258 g/mol. The number of ketones is 1. The van der Waals surface area contributed by atoms with Crippen LogP contribution in [0.1, 0.15) is 67.2 Å². The molecule has 2 fully saturated rings. The number of Topliss-reactive ketones (excluding diaryl/α,β-unsaturated/α-hetero) is 1. The summed E-state index contributed by atoms with van der Waals surface area (Å²) in [5.74, 6) is 0.427. The van der Waals surface area contributed by atoms with Gasteiger partial charge in [0, 0.05) is 17.4 Å². The van der Waals surface area contributed by atoms with E-state index in [0.29, 0.717) is 5.78 Å². The Morgan fingerprint density at radius 3 is 1.84 bits per heavy atom. The van der Waals surface area contributed by atoms with Gasteiger partial charge in [-0.1, -0.05) is 47.1 Å². The number of carbonyl (C=O) groups excluding carboxylic acids is 1. The molecule has 0 aromatic rings. The Labute approximate surface area is 117 Å². The van der Waals surface area contributed by atoms with Gasteiger partial charge >= 0.3 is 0 Å². The van der Waals surface area contributed by atoms with Crippen LogP contribution in [0.4, 0.5) is 0 Å². The van der Waals surface area contributed by atoms with Crippen molar-refractivity contribution in [1.82, 2.24) is 0 Å². The number of hydrogen-bond donors (Lipinski definition) is 0. The molecule has 0 amide bonds. The molecule has 1 heteroatoms. The molecule has 0 N–H and O–H groups in total. The smallest absolute Gasteiger partial charge is 0.164 e. The van der Waals surface area contributed by atoms with Crippen molar-refractivity contribution < 1.29 is 4.79 Å². The summed E-state index contributed by atoms with van der Waals surface area (Å²) in [4.78, 5) is 12.5. The molecule has 0 aliphatic heterocycles. The first-order valence-corrected chi connectivity index (χ1v) is 7.58. The summed E-state index contributed by atoms with van der Waals surface area (Å²) < 4.78 is 0. The molecule has 3 aliphatic carbocycles. The number of fused-ring (bicyclic) bond motifs is 2. The van der Waals surface area contributed by atoms with E-state index in [1.807, 2.05) is 0 Å². The summed E-state index contributed by atoms with van der Waals surface area (Å²) in [5.41, 5.74) is 6.15. The van der Waals surface area contributed by atoms with Crippen LogP contribution in [0.3, 0.4) is 0 Å². The molecule has 0 heterocycles. The third kappa shape index (κ3) is 1.77. The first-order chi connectivity index (χ1) is 8.56. The Balaban J connectivity index is 2.20. The summed E-state index contributed by atoms with van der Waals surface area (Å²) in [5, 5.41) is 0. The Morgan fingerprint density at radius 1 is 0.895 bits per heavy atom. The van der Waals surface area contributed by atoms with Gasteiger partial charge < -0.3 is 0 Å². The molecule has 3 rings (SSSR count). The third-order valence-electron chi connectivity index (χ3n) is 5.18. The molecule has 0 saturated heterocycles. The minimum absolute atomic E-state index is 0.115. The van der Waals surface area contributed by atoms with E-state index in [9.17, 15) is 4.79 Å². The highest BCUT2D eigenvalue weighted by Crippen LogP contribution is 2.67. The predicted octanol–water partition coefficient (Wildman–Crippen LogP) is 4.83. The molecule has 104 valence electrons. The van der Waals surface area contributed by atoms with Crippen LogP contribution in [0.5, 0.6) is 0 Å². The Hall–Kier alpha value is -0.850. The minimum Gasteiger partial charge on any atom is -0.294 e. The van der Waals surface area contributed by atoms with Crippen LogP contribution < -0.4 is 0 Å². The molecule has 0 aromatic heterocycles. The summed E-state index contributed by atoms with van der Waals surface area (Å²) in [6.45, 7) is 13.7. The molecule has 0 atom stereocenters. The quantitative estimate of drug-likeness (QED) is 0.608. The first kappa shape index (κ1) is 13.1. The zero-order chi connectivity index (χ0) is 14.2. The number of rotatable bonds is 0. The lowest BCUT2D eigenvalue weighted by Crippen LogP contribution is -2.15. The monoisotopic (exact) mass is 258 g/mol. The maximum Gasteiger partial charge on any atom is 0.164 e. The maximum atomic E-state index is 12.5. The van der Waals surface area contributed by atoms with Gasteiger partial charge in [0.1, 0.15) is 0 Å².